The van der Waals surface area contributed by atoms with E-state index in [2.05, 4.69) is 25.7 Å². The molecule has 2 fully saturated rings. The smallest absolute Gasteiger partial charge is 0.0831 e. The minimum absolute atomic E-state index is 0.0364. The molecule has 0 aromatic heterocycles. The molecule has 3 heteroatoms. The molecule has 0 bridgehead atoms. The first kappa shape index (κ1) is 13.3. The van der Waals surface area contributed by atoms with Crippen LogP contribution in [0.1, 0.15) is 46.5 Å². The Hall–Kier alpha value is -0.120. The number of nitrogens with zero attached hydrogens (tertiary/aromatic N) is 1. The first-order chi connectivity index (χ1) is 8.00. The predicted molar refractivity (Wildman–Crippen MR) is 71.0 cm³/mol. The van der Waals surface area contributed by atoms with E-state index in [1.807, 2.05) is 0 Å². The zero-order valence-electron chi connectivity index (χ0n) is 11.6. The molecule has 1 heterocycles. The highest BCUT2D eigenvalue weighted by Gasteiger charge is 2.36. The molecule has 3 nitrogen and oxygen atoms in total. The van der Waals surface area contributed by atoms with Crippen molar-refractivity contribution in [2.75, 3.05) is 19.6 Å². The quantitative estimate of drug-likeness (QED) is 0.802. The number of morpholine rings is 1. The second-order valence-electron chi connectivity index (χ2n) is 6.58. The van der Waals surface area contributed by atoms with E-state index in [9.17, 15) is 0 Å². The molecule has 0 spiro atoms. The van der Waals surface area contributed by atoms with Crippen molar-refractivity contribution in [2.24, 2.45) is 11.7 Å². The normalized spacial score (nSPS) is 39.2. The summed E-state index contributed by atoms with van der Waals surface area (Å²) in [6, 6.07) is 0.767. The number of hydrogen-bond donors (Lipinski definition) is 1. The highest BCUT2D eigenvalue weighted by Crippen LogP contribution is 2.31. The van der Waals surface area contributed by atoms with Crippen molar-refractivity contribution in [2.45, 2.75) is 64.2 Å². The predicted octanol–water partition coefficient (Wildman–Crippen LogP) is 2.00. The monoisotopic (exact) mass is 240 g/mol. The fourth-order valence-electron chi connectivity index (χ4n) is 3.35. The van der Waals surface area contributed by atoms with E-state index < -0.39 is 0 Å². The van der Waals surface area contributed by atoms with Gasteiger partial charge >= 0.3 is 0 Å². The number of ether oxygens (including phenoxy) is 1. The van der Waals surface area contributed by atoms with E-state index in [-0.39, 0.29) is 11.7 Å². The van der Waals surface area contributed by atoms with Crippen molar-refractivity contribution in [3.05, 3.63) is 0 Å². The van der Waals surface area contributed by atoms with Gasteiger partial charge in [-0.1, -0.05) is 6.92 Å². The highest BCUT2D eigenvalue weighted by molar-refractivity contribution is 4.89. The summed E-state index contributed by atoms with van der Waals surface area (Å²) in [7, 11) is 0. The Morgan fingerprint density at radius 2 is 1.88 bits per heavy atom. The van der Waals surface area contributed by atoms with Crippen LogP contribution in [0.25, 0.3) is 0 Å². The molecule has 0 aromatic rings. The van der Waals surface area contributed by atoms with Gasteiger partial charge in [0.2, 0.25) is 0 Å². The van der Waals surface area contributed by atoms with Crippen molar-refractivity contribution in [1.82, 2.24) is 4.90 Å². The average molecular weight is 240 g/mol. The third-order valence-electron chi connectivity index (χ3n) is 4.27. The molecule has 0 amide bonds. The van der Waals surface area contributed by atoms with Crippen LogP contribution in [-0.2, 0) is 4.74 Å². The molecule has 17 heavy (non-hydrogen) atoms. The molecular weight excluding hydrogens is 212 g/mol. The lowest BCUT2D eigenvalue weighted by molar-refractivity contribution is -0.143. The Labute approximate surface area is 106 Å². The number of hydrogen-bond acceptors (Lipinski definition) is 3. The molecule has 1 unspecified atom stereocenters. The summed E-state index contributed by atoms with van der Waals surface area (Å²) in [5, 5.41) is 0. The summed E-state index contributed by atoms with van der Waals surface area (Å²) < 4.78 is 6.00. The Kier molecular flexibility index (Phi) is 4.11. The lowest BCUT2D eigenvalue weighted by Gasteiger charge is -2.47. The van der Waals surface area contributed by atoms with Gasteiger partial charge < -0.3 is 10.5 Å². The summed E-state index contributed by atoms with van der Waals surface area (Å²) in [4.78, 5) is 2.63. The molecular formula is C14H28N2O. The van der Waals surface area contributed by atoms with Crippen LogP contribution in [0.3, 0.4) is 0 Å². The lowest BCUT2D eigenvalue weighted by atomic mass is 9.85. The van der Waals surface area contributed by atoms with Gasteiger partial charge in [0.15, 0.2) is 0 Å². The Morgan fingerprint density at radius 3 is 2.47 bits per heavy atom. The molecule has 1 aliphatic heterocycles. The maximum Gasteiger partial charge on any atom is 0.0831 e. The molecule has 0 radical (unpaired) electrons. The van der Waals surface area contributed by atoms with Crippen molar-refractivity contribution < 1.29 is 4.74 Å². The second-order valence-corrected chi connectivity index (χ2v) is 6.58. The Balaban J connectivity index is 1.95. The first-order valence-electron chi connectivity index (χ1n) is 7.12. The minimum atomic E-state index is -0.0364. The van der Waals surface area contributed by atoms with Crippen LogP contribution in [-0.4, -0.2) is 42.3 Å². The zero-order chi connectivity index (χ0) is 12.5. The van der Waals surface area contributed by atoms with Crippen LogP contribution in [0.4, 0.5) is 0 Å². The van der Waals surface area contributed by atoms with Crippen LogP contribution >= 0.6 is 0 Å². The Morgan fingerprint density at radius 1 is 1.24 bits per heavy atom. The van der Waals surface area contributed by atoms with Crippen LogP contribution in [0.15, 0.2) is 0 Å². The standard InChI is InChI=1S/C14H28N2O/c1-11-4-6-12(7-5-11)16-9-13(8-15)17-14(2,3)10-16/h11-13H,4-10,15H2,1-3H3. The van der Waals surface area contributed by atoms with E-state index in [1.54, 1.807) is 0 Å². The van der Waals surface area contributed by atoms with Crippen LogP contribution < -0.4 is 5.73 Å². The number of rotatable bonds is 2. The van der Waals surface area contributed by atoms with E-state index in [1.165, 1.54) is 25.7 Å². The van der Waals surface area contributed by atoms with Crippen molar-refractivity contribution in [1.29, 1.82) is 0 Å². The molecule has 2 N–H and O–H groups in total. The van der Waals surface area contributed by atoms with E-state index in [0.717, 1.165) is 25.0 Å². The maximum atomic E-state index is 6.00. The van der Waals surface area contributed by atoms with Crippen LogP contribution in [0.5, 0.6) is 0 Å². The maximum absolute atomic E-state index is 6.00. The van der Waals surface area contributed by atoms with Crippen LogP contribution in [0, 0.1) is 5.92 Å². The molecule has 1 saturated carbocycles. The summed E-state index contributed by atoms with van der Waals surface area (Å²) in [5.41, 5.74) is 5.75. The minimum Gasteiger partial charge on any atom is -0.368 e. The fourth-order valence-corrected chi connectivity index (χ4v) is 3.35. The SMILES string of the molecule is CC1CCC(N2CC(CN)OC(C)(C)C2)CC1. The van der Waals surface area contributed by atoms with E-state index >= 15 is 0 Å². The van der Waals surface area contributed by atoms with Gasteiger partial charge in [-0.15, -0.1) is 0 Å². The van der Waals surface area contributed by atoms with Crippen molar-refractivity contribution in [3.8, 4) is 0 Å². The summed E-state index contributed by atoms with van der Waals surface area (Å²) in [5.74, 6) is 0.922. The summed E-state index contributed by atoms with van der Waals surface area (Å²) >= 11 is 0. The van der Waals surface area contributed by atoms with Gasteiger partial charge in [-0.2, -0.15) is 0 Å². The molecule has 1 saturated heterocycles. The second kappa shape index (κ2) is 5.25. The largest absolute Gasteiger partial charge is 0.368 e. The van der Waals surface area contributed by atoms with Crippen LogP contribution in [0.2, 0.25) is 0 Å². The fraction of sp³-hybridized carbons (Fsp3) is 1.00. The van der Waals surface area contributed by atoms with Gasteiger partial charge in [-0.3, -0.25) is 4.90 Å². The van der Waals surface area contributed by atoms with Crippen molar-refractivity contribution >= 4 is 0 Å². The van der Waals surface area contributed by atoms with Gasteiger partial charge in [0.25, 0.3) is 0 Å². The first-order valence-corrected chi connectivity index (χ1v) is 7.12. The van der Waals surface area contributed by atoms with Gasteiger partial charge in [0.1, 0.15) is 0 Å². The van der Waals surface area contributed by atoms with Gasteiger partial charge in [0, 0.05) is 25.7 Å². The van der Waals surface area contributed by atoms with Gasteiger partial charge in [-0.25, -0.2) is 0 Å². The Bertz CT molecular complexity index is 247. The molecule has 0 aromatic carbocycles. The van der Waals surface area contributed by atoms with E-state index in [4.69, 9.17) is 10.5 Å². The van der Waals surface area contributed by atoms with Crippen molar-refractivity contribution in [3.63, 3.8) is 0 Å². The topological polar surface area (TPSA) is 38.5 Å². The number of nitrogens with two attached hydrogens (primary N) is 1. The van der Waals surface area contributed by atoms with Gasteiger partial charge in [-0.05, 0) is 45.4 Å². The highest BCUT2D eigenvalue weighted by atomic mass is 16.5. The molecule has 2 rings (SSSR count). The third kappa shape index (κ3) is 3.43. The molecule has 1 aliphatic carbocycles. The summed E-state index contributed by atoms with van der Waals surface area (Å²) in [6.45, 7) is 9.48. The molecule has 2 aliphatic rings. The third-order valence-corrected chi connectivity index (χ3v) is 4.27. The average Bonchev–Trinajstić information content (AvgIpc) is 2.27. The molecule has 100 valence electrons. The lowest BCUT2D eigenvalue weighted by Crippen LogP contribution is -2.57. The zero-order valence-corrected chi connectivity index (χ0v) is 11.6. The van der Waals surface area contributed by atoms with Gasteiger partial charge in [0.05, 0.1) is 11.7 Å². The molecule has 1 atom stereocenters. The summed E-state index contributed by atoms with van der Waals surface area (Å²) in [6.07, 6.45) is 5.70. The van der Waals surface area contributed by atoms with E-state index in [0.29, 0.717) is 6.54 Å².